The maximum Gasteiger partial charge on any atom is 0.261 e. The Balaban J connectivity index is 1.31. The number of amides is 1. The normalized spacial score (nSPS) is 18.7. The van der Waals surface area contributed by atoms with Gasteiger partial charge < -0.3 is 15.0 Å². The van der Waals surface area contributed by atoms with Gasteiger partial charge in [-0.2, -0.15) is 0 Å². The lowest BCUT2D eigenvalue weighted by atomic mass is 9.92. The molecule has 0 saturated carbocycles. The molecule has 4 rings (SSSR count). The molecule has 1 fully saturated rings. The van der Waals surface area contributed by atoms with Gasteiger partial charge in [-0.15, -0.1) is 0 Å². The molecule has 1 saturated heterocycles. The zero-order valence-electron chi connectivity index (χ0n) is 19.2. The van der Waals surface area contributed by atoms with Crippen LogP contribution in [0.25, 0.3) is 0 Å². The quantitative estimate of drug-likeness (QED) is 0.676. The van der Waals surface area contributed by atoms with Gasteiger partial charge in [-0.05, 0) is 99.2 Å². The van der Waals surface area contributed by atoms with E-state index in [4.69, 9.17) is 4.74 Å². The summed E-state index contributed by atoms with van der Waals surface area (Å²) >= 11 is 0. The van der Waals surface area contributed by atoms with Crippen LogP contribution in [-0.4, -0.2) is 25.1 Å². The van der Waals surface area contributed by atoms with Gasteiger partial charge in [0.25, 0.3) is 5.91 Å². The molecule has 0 radical (unpaired) electrons. The van der Waals surface area contributed by atoms with Crippen LogP contribution in [-0.2, 0) is 17.6 Å². The highest BCUT2D eigenvalue weighted by atomic mass is 16.5. The number of nitrogens with one attached hydrogen (secondary N) is 1. The number of fused-ring (bicyclic) bond motifs is 1. The molecule has 0 spiro atoms. The van der Waals surface area contributed by atoms with E-state index in [2.05, 4.69) is 53.5 Å². The molecule has 2 aromatic carbocycles. The molecule has 0 bridgehead atoms. The predicted octanol–water partition coefficient (Wildman–Crippen LogP) is 5.45. The highest BCUT2D eigenvalue weighted by molar-refractivity contribution is 5.81. The van der Waals surface area contributed by atoms with Gasteiger partial charge in [0.15, 0.2) is 6.10 Å². The van der Waals surface area contributed by atoms with Crippen LogP contribution < -0.4 is 15.0 Å². The number of piperidine rings is 1. The first-order chi connectivity index (χ1) is 15.0. The monoisotopic (exact) mass is 420 g/mol. The number of ether oxygens (including phenoxy) is 1. The number of nitrogens with zero attached hydrogens (tertiary/aromatic N) is 1. The van der Waals surface area contributed by atoms with Crippen LogP contribution in [0.15, 0.2) is 42.5 Å². The number of aryl methyl sites for hydroxylation is 2. The molecule has 0 unspecified atom stereocenters. The van der Waals surface area contributed by atoms with Gasteiger partial charge in [0.05, 0.1) is 6.04 Å². The SMILES string of the molecule is CC1CCN(c2ccc([C@H](C)NC(=O)[C@@H](C)Oc3ccc4c(c3)CCCC4)cc2)CC1. The number of hydrogen-bond acceptors (Lipinski definition) is 3. The number of carbonyl (C=O) groups excluding carboxylic acids is 1. The summed E-state index contributed by atoms with van der Waals surface area (Å²) in [6, 6.07) is 14.8. The Labute approximate surface area is 187 Å². The average molecular weight is 421 g/mol. The van der Waals surface area contributed by atoms with Crippen molar-refractivity contribution in [1.29, 1.82) is 0 Å². The van der Waals surface area contributed by atoms with E-state index in [-0.39, 0.29) is 11.9 Å². The van der Waals surface area contributed by atoms with Crippen molar-refractivity contribution in [2.75, 3.05) is 18.0 Å². The van der Waals surface area contributed by atoms with Crippen LogP contribution in [0.2, 0.25) is 0 Å². The first-order valence-electron chi connectivity index (χ1n) is 11.9. The van der Waals surface area contributed by atoms with Crippen molar-refractivity contribution >= 4 is 11.6 Å². The number of anilines is 1. The molecule has 166 valence electrons. The molecule has 1 amide bonds. The number of carbonyl (C=O) groups is 1. The molecule has 2 aromatic rings. The fourth-order valence-electron chi connectivity index (χ4n) is 4.70. The van der Waals surface area contributed by atoms with Crippen molar-refractivity contribution < 1.29 is 9.53 Å². The van der Waals surface area contributed by atoms with Gasteiger partial charge in [0.2, 0.25) is 0 Å². The lowest BCUT2D eigenvalue weighted by Crippen LogP contribution is -2.37. The van der Waals surface area contributed by atoms with Crippen molar-refractivity contribution in [1.82, 2.24) is 5.32 Å². The zero-order chi connectivity index (χ0) is 21.8. The van der Waals surface area contributed by atoms with Crippen molar-refractivity contribution in [3.63, 3.8) is 0 Å². The summed E-state index contributed by atoms with van der Waals surface area (Å²) in [5, 5.41) is 3.11. The van der Waals surface area contributed by atoms with E-state index in [1.807, 2.05) is 19.9 Å². The summed E-state index contributed by atoms with van der Waals surface area (Å²) in [5.41, 5.74) is 5.18. The summed E-state index contributed by atoms with van der Waals surface area (Å²) < 4.78 is 5.97. The van der Waals surface area contributed by atoms with E-state index in [0.717, 1.165) is 43.2 Å². The van der Waals surface area contributed by atoms with Gasteiger partial charge in [0.1, 0.15) is 5.75 Å². The first-order valence-corrected chi connectivity index (χ1v) is 11.9. The number of benzene rings is 2. The van der Waals surface area contributed by atoms with Gasteiger partial charge in [0, 0.05) is 18.8 Å². The van der Waals surface area contributed by atoms with E-state index in [9.17, 15) is 4.79 Å². The predicted molar refractivity (Wildman–Crippen MR) is 127 cm³/mol. The third-order valence-electron chi connectivity index (χ3n) is 6.90. The number of rotatable bonds is 6. The molecule has 1 heterocycles. The average Bonchev–Trinajstić information content (AvgIpc) is 2.79. The molecule has 1 N–H and O–H groups in total. The third-order valence-corrected chi connectivity index (χ3v) is 6.90. The van der Waals surface area contributed by atoms with E-state index in [0.29, 0.717) is 0 Å². The fraction of sp³-hybridized carbons (Fsp3) is 0.519. The first kappa shape index (κ1) is 21.7. The lowest BCUT2D eigenvalue weighted by Gasteiger charge is -2.32. The Bertz CT molecular complexity index is 885. The lowest BCUT2D eigenvalue weighted by molar-refractivity contribution is -0.127. The minimum Gasteiger partial charge on any atom is -0.481 e. The Kier molecular flexibility index (Phi) is 6.84. The van der Waals surface area contributed by atoms with Crippen LogP contribution in [0.1, 0.15) is 69.2 Å². The van der Waals surface area contributed by atoms with Gasteiger partial charge in [-0.1, -0.05) is 25.1 Å². The molecule has 31 heavy (non-hydrogen) atoms. The third kappa shape index (κ3) is 5.41. The fourth-order valence-corrected chi connectivity index (χ4v) is 4.70. The summed E-state index contributed by atoms with van der Waals surface area (Å²) in [5.74, 6) is 1.53. The standard InChI is InChI=1S/C27H36N2O2/c1-19-14-16-29(17-15-19)25-11-8-22(9-12-25)20(2)28-27(30)21(3)31-26-13-10-23-6-4-5-7-24(23)18-26/h8-13,18-21H,4-7,14-17H2,1-3H3,(H,28,30)/t20-,21+/m0/s1. The second kappa shape index (κ2) is 9.76. The van der Waals surface area contributed by atoms with Crippen LogP contribution in [0.4, 0.5) is 5.69 Å². The zero-order valence-corrected chi connectivity index (χ0v) is 19.2. The van der Waals surface area contributed by atoms with Crippen LogP contribution in [0, 0.1) is 5.92 Å². The van der Waals surface area contributed by atoms with Crippen molar-refractivity contribution in [2.24, 2.45) is 5.92 Å². The highest BCUT2D eigenvalue weighted by Gasteiger charge is 2.20. The van der Waals surface area contributed by atoms with Gasteiger partial charge >= 0.3 is 0 Å². The molecular weight excluding hydrogens is 384 g/mol. The largest absolute Gasteiger partial charge is 0.481 e. The summed E-state index contributed by atoms with van der Waals surface area (Å²) in [4.78, 5) is 15.2. The summed E-state index contributed by atoms with van der Waals surface area (Å²) in [6.07, 6.45) is 6.75. The molecule has 1 aliphatic heterocycles. The summed E-state index contributed by atoms with van der Waals surface area (Å²) in [7, 11) is 0. The topological polar surface area (TPSA) is 41.6 Å². The van der Waals surface area contributed by atoms with Crippen LogP contribution in [0.5, 0.6) is 5.75 Å². The second-order valence-electron chi connectivity index (χ2n) is 9.39. The second-order valence-corrected chi connectivity index (χ2v) is 9.39. The summed E-state index contributed by atoms with van der Waals surface area (Å²) in [6.45, 7) is 8.44. The Morgan fingerprint density at radius 2 is 1.68 bits per heavy atom. The maximum absolute atomic E-state index is 12.7. The smallest absolute Gasteiger partial charge is 0.261 e. The van der Waals surface area contributed by atoms with Gasteiger partial charge in [-0.25, -0.2) is 0 Å². The molecule has 0 aromatic heterocycles. The Morgan fingerprint density at radius 1 is 1.00 bits per heavy atom. The number of hydrogen-bond donors (Lipinski definition) is 1. The molecule has 4 heteroatoms. The van der Waals surface area contributed by atoms with E-state index >= 15 is 0 Å². The van der Waals surface area contributed by atoms with Crippen LogP contribution in [0.3, 0.4) is 0 Å². The van der Waals surface area contributed by atoms with Crippen molar-refractivity contribution in [2.45, 2.75) is 71.4 Å². The molecule has 4 nitrogen and oxygen atoms in total. The van der Waals surface area contributed by atoms with Gasteiger partial charge in [-0.3, -0.25) is 4.79 Å². The molecule has 2 atom stereocenters. The molecular formula is C27H36N2O2. The van der Waals surface area contributed by atoms with E-state index in [1.165, 1.54) is 42.5 Å². The maximum atomic E-state index is 12.7. The Hall–Kier alpha value is -2.49. The Morgan fingerprint density at radius 3 is 2.39 bits per heavy atom. The minimum absolute atomic E-state index is 0.0579. The van der Waals surface area contributed by atoms with Crippen molar-refractivity contribution in [3.05, 3.63) is 59.2 Å². The molecule has 2 aliphatic rings. The minimum atomic E-state index is -0.529. The highest BCUT2D eigenvalue weighted by Crippen LogP contribution is 2.27. The van der Waals surface area contributed by atoms with E-state index < -0.39 is 6.10 Å². The van der Waals surface area contributed by atoms with Crippen LogP contribution >= 0.6 is 0 Å². The van der Waals surface area contributed by atoms with Crippen molar-refractivity contribution in [3.8, 4) is 5.75 Å². The molecule has 1 aliphatic carbocycles. The van der Waals surface area contributed by atoms with E-state index in [1.54, 1.807) is 0 Å².